The second kappa shape index (κ2) is 6.11. The molecule has 0 aliphatic heterocycles. The first-order valence-electron chi connectivity index (χ1n) is 5.54. The molecule has 18 heavy (non-hydrogen) atoms. The fraction of sp³-hybridized carbons (Fsp3) is 0.143. The van der Waals surface area contributed by atoms with Crippen molar-refractivity contribution < 1.29 is 0 Å². The van der Waals surface area contributed by atoms with E-state index in [1.807, 2.05) is 31.2 Å². The van der Waals surface area contributed by atoms with Crippen LogP contribution in [0.25, 0.3) is 0 Å². The molecule has 0 aliphatic carbocycles. The third-order valence-corrected chi connectivity index (χ3v) is 4.78. The largest absolute Gasteiger partial charge is 0.324 e. The summed E-state index contributed by atoms with van der Waals surface area (Å²) in [5.41, 5.74) is 6.99. The van der Waals surface area contributed by atoms with E-state index in [1.54, 1.807) is 11.8 Å². The van der Waals surface area contributed by atoms with Crippen molar-refractivity contribution in [2.24, 2.45) is 5.73 Å². The third-order valence-electron chi connectivity index (χ3n) is 2.52. The van der Waals surface area contributed by atoms with E-state index in [2.05, 4.69) is 34.1 Å². The molecule has 1 unspecified atom stereocenters. The number of halogens is 2. The molecule has 1 nitrogen and oxygen atoms in total. The Morgan fingerprint density at radius 1 is 1.17 bits per heavy atom. The smallest absolute Gasteiger partial charge is 0.0406 e. The van der Waals surface area contributed by atoms with Crippen molar-refractivity contribution in [3.63, 3.8) is 0 Å². The van der Waals surface area contributed by atoms with Crippen LogP contribution >= 0.6 is 39.3 Å². The summed E-state index contributed by atoms with van der Waals surface area (Å²) in [7, 11) is 0. The SMILES string of the molecule is CC(N)c1ccc(Sc2ccc(Cl)cc2)c(Br)c1. The summed E-state index contributed by atoms with van der Waals surface area (Å²) in [6.45, 7) is 1.98. The highest BCUT2D eigenvalue weighted by Crippen LogP contribution is 2.35. The molecule has 0 spiro atoms. The quantitative estimate of drug-likeness (QED) is 0.822. The van der Waals surface area contributed by atoms with Crippen molar-refractivity contribution in [3.8, 4) is 0 Å². The first kappa shape index (κ1) is 13.9. The number of nitrogens with two attached hydrogens (primary N) is 1. The summed E-state index contributed by atoms with van der Waals surface area (Å²) in [4.78, 5) is 2.33. The van der Waals surface area contributed by atoms with Crippen LogP contribution in [0.5, 0.6) is 0 Å². The van der Waals surface area contributed by atoms with E-state index in [0.717, 1.165) is 20.0 Å². The molecule has 0 aromatic heterocycles. The average molecular weight is 343 g/mol. The molecule has 0 heterocycles. The molecule has 2 aromatic rings. The molecule has 0 radical (unpaired) electrons. The standard InChI is InChI=1S/C14H13BrClNS/c1-9(17)10-2-7-14(13(15)8-10)18-12-5-3-11(16)4-6-12/h2-9H,17H2,1H3. The highest BCUT2D eigenvalue weighted by Gasteiger charge is 2.06. The van der Waals surface area contributed by atoms with E-state index in [0.29, 0.717) is 0 Å². The predicted octanol–water partition coefficient (Wildman–Crippen LogP) is 5.27. The van der Waals surface area contributed by atoms with Crippen LogP contribution in [-0.4, -0.2) is 0 Å². The predicted molar refractivity (Wildman–Crippen MR) is 82.3 cm³/mol. The Bertz CT molecular complexity index is 540. The summed E-state index contributed by atoms with van der Waals surface area (Å²) in [5, 5.41) is 0.755. The normalized spacial score (nSPS) is 12.4. The first-order valence-corrected chi connectivity index (χ1v) is 7.53. The minimum Gasteiger partial charge on any atom is -0.324 e. The van der Waals surface area contributed by atoms with Crippen LogP contribution in [0.3, 0.4) is 0 Å². The second-order valence-electron chi connectivity index (χ2n) is 4.03. The fourth-order valence-electron chi connectivity index (χ4n) is 1.51. The zero-order chi connectivity index (χ0) is 13.1. The van der Waals surface area contributed by atoms with Gasteiger partial charge < -0.3 is 5.73 Å². The Morgan fingerprint density at radius 2 is 1.83 bits per heavy atom. The van der Waals surface area contributed by atoms with Gasteiger partial charge in [0, 0.05) is 25.3 Å². The van der Waals surface area contributed by atoms with Crippen LogP contribution in [-0.2, 0) is 0 Å². The third kappa shape index (κ3) is 3.51. The minimum atomic E-state index is 0.0517. The van der Waals surface area contributed by atoms with Crippen LogP contribution in [0, 0.1) is 0 Å². The Morgan fingerprint density at radius 3 is 2.39 bits per heavy atom. The lowest BCUT2D eigenvalue weighted by Gasteiger charge is -2.09. The van der Waals surface area contributed by atoms with E-state index in [1.165, 1.54) is 4.90 Å². The van der Waals surface area contributed by atoms with Crippen molar-refractivity contribution in [1.29, 1.82) is 0 Å². The molecular formula is C14H13BrClNS. The Kier molecular flexibility index (Phi) is 4.73. The maximum Gasteiger partial charge on any atom is 0.0406 e. The van der Waals surface area contributed by atoms with Gasteiger partial charge in [0.15, 0.2) is 0 Å². The lowest BCUT2D eigenvalue weighted by molar-refractivity contribution is 0.815. The van der Waals surface area contributed by atoms with Crippen LogP contribution in [0.15, 0.2) is 56.7 Å². The van der Waals surface area contributed by atoms with Gasteiger partial charge in [-0.3, -0.25) is 0 Å². The summed E-state index contributed by atoms with van der Waals surface area (Å²) in [6, 6.07) is 14.1. The van der Waals surface area contributed by atoms with Gasteiger partial charge in [-0.2, -0.15) is 0 Å². The summed E-state index contributed by atoms with van der Waals surface area (Å²) in [6.07, 6.45) is 0. The zero-order valence-electron chi connectivity index (χ0n) is 9.86. The van der Waals surface area contributed by atoms with Crippen LogP contribution < -0.4 is 5.73 Å². The summed E-state index contributed by atoms with van der Waals surface area (Å²) in [5.74, 6) is 0. The van der Waals surface area contributed by atoms with Crippen molar-refractivity contribution in [2.75, 3.05) is 0 Å². The number of hydrogen-bond donors (Lipinski definition) is 1. The summed E-state index contributed by atoms with van der Waals surface area (Å²) >= 11 is 11.2. The molecule has 0 saturated carbocycles. The topological polar surface area (TPSA) is 26.0 Å². The maximum atomic E-state index is 5.87. The molecule has 4 heteroatoms. The molecule has 94 valence electrons. The van der Waals surface area contributed by atoms with Gasteiger partial charge in [0.05, 0.1) is 0 Å². The van der Waals surface area contributed by atoms with Gasteiger partial charge in [-0.1, -0.05) is 29.4 Å². The maximum absolute atomic E-state index is 5.87. The Hall–Kier alpha value is -0.480. The van der Waals surface area contributed by atoms with E-state index in [9.17, 15) is 0 Å². The van der Waals surface area contributed by atoms with Crippen molar-refractivity contribution >= 4 is 39.3 Å². The highest BCUT2D eigenvalue weighted by atomic mass is 79.9. The van der Waals surface area contributed by atoms with Gasteiger partial charge >= 0.3 is 0 Å². The first-order chi connectivity index (χ1) is 8.56. The number of hydrogen-bond acceptors (Lipinski definition) is 2. The average Bonchev–Trinajstić information content (AvgIpc) is 2.34. The Balaban J connectivity index is 2.22. The van der Waals surface area contributed by atoms with Gasteiger partial charge in [-0.05, 0) is 64.8 Å². The van der Waals surface area contributed by atoms with Crippen LogP contribution in [0.2, 0.25) is 5.02 Å². The molecule has 0 fully saturated rings. The minimum absolute atomic E-state index is 0.0517. The van der Waals surface area contributed by atoms with Gasteiger partial charge in [-0.15, -0.1) is 0 Å². The Labute approximate surface area is 125 Å². The number of rotatable bonds is 3. The fourth-order valence-corrected chi connectivity index (χ4v) is 3.10. The molecule has 0 bridgehead atoms. The number of benzene rings is 2. The second-order valence-corrected chi connectivity index (χ2v) is 6.44. The molecule has 0 aliphatic rings. The van der Waals surface area contributed by atoms with Crippen molar-refractivity contribution in [2.45, 2.75) is 22.8 Å². The molecule has 2 rings (SSSR count). The van der Waals surface area contributed by atoms with Crippen molar-refractivity contribution in [1.82, 2.24) is 0 Å². The highest BCUT2D eigenvalue weighted by molar-refractivity contribution is 9.10. The molecule has 2 aromatic carbocycles. The van der Waals surface area contributed by atoms with E-state index in [-0.39, 0.29) is 6.04 Å². The zero-order valence-corrected chi connectivity index (χ0v) is 13.0. The molecule has 0 amide bonds. The van der Waals surface area contributed by atoms with Crippen molar-refractivity contribution in [3.05, 3.63) is 57.5 Å². The monoisotopic (exact) mass is 341 g/mol. The van der Waals surface area contributed by atoms with E-state index >= 15 is 0 Å². The van der Waals surface area contributed by atoms with Gasteiger partial charge in [0.2, 0.25) is 0 Å². The van der Waals surface area contributed by atoms with Gasteiger partial charge in [0.1, 0.15) is 0 Å². The molecular weight excluding hydrogens is 330 g/mol. The lowest BCUT2D eigenvalue weighted by Crippen LogP contribution is -2.04. The van der Waals surface area contributed by atoms with E-state index in [4.69, 9.17) is 17.3 Å². The lowest BCUT2D eigenvalue weighted by atomic mass is 10.1. The van der Waals surface area contributed by atoms with Gasteiger partial charge in [-0.25, -0.2) is 0 Å². The van der Waals surface area contributed by atoms with Gasteiger partial charge in [0.25, 0.3) is 0 Å². The van der Waals surface area contributed by atoms with Crippen LogP contribution in [0.4, 0.5) is 0 Å². The molecule has 2 N–H and O–H groups in total. The van der Waals surface area contributed by atoms with Crippen LogP contribution in [0.1, 0.15) is 18.5 Å². The molecule has 1 atom stereocenters. The van der Waals surface area contributed by atoms with E-state index < -0.39 is 0 Å². The summed E-state index contributed by atoms with van der Waals surface area (Å²) < 4.78 is 1.07. The molecule has 0 saturated heterocycles.